The van der Waals surface area contributed by atoms with Crippen LogP contribution in [0, 0.1) is 0 Å². The number of H-pyrrole nitrogens is 1. The number of nitrogens with one attached hydrogen (secondary N) is 1. The number of aromatic amines is 1. The highest BCUT2D eigenvalue weighted by Gasteiger charge is 2.24. The predicted octanol–water partition coefficient (Wildman–Crippen LogP) is 5.02. The summed E-state index contributed by atoms with van der Waals surface area (Å²) in [6, 6.07) is 16.5. The lowest BCUT2D eigenvalue weighted by molar-refractivity contribution is 0.0653. The monoisotopic (exact) mass is 407 g/mol. The Labute approximate surface area is 170 Å². The van der Waals surface area contributed by atoms with E-state index in [4.69, 9.17) is 4.74 Å². The van der Waals surface area contributed by atoms with E-state index in [0.717, 1.165) is 5.56 Å². The minimum absolute atomic E-state index is 0.225. The largest absolute Gasteiger partial charge is 0.489 e. The Morgan fingerprint density at radius 1 is 1.03 bits per heavy atom. The van der Waals surface area contributed by atoms with Crippen molar-refractivity contribution in [2.45, 2.75) is 11.5 Å². The van der Waals surface area contributed by atoms with Crippen LogP contribution in [0.5, 0.6) is 5.75 Å². The second-order valence-corrected chi connectivity index (χ2v) is 7.32. The van der Waals surface area contributed by atoms with Crippen molar-refractivity contribution in [3.05, 3.63) is 71.3 Å². The molecule has 1 aromatic heterocycles. The molecule has 29 heavy (non-hydrogen) atoms. The van der Waals surface area contributed by atoms with E-state index in [2.05, 4.69) is 4.98 Å². The molecule has 0 bridgehead atoms. The molecule has 4 aromatic rings. The van der Waals surface area contributed by atoms with Gasteiger partial charge in [0.15, 0.2) is 0 Å². The SMILES string of the molecule is CSc1cc(C(=O)O)c(C(=O)O)c2c1[nH]c1ccc(OCc3ccccc3)cc12. The lowest BCUT2D eigenvalue weighted by Crippen LogP contribution is -2.09. The van der Waals surface area contributed by atoms with Crippen molar-refractivity contribution >= 4 is 45.5 Å². The van der Waals surface area contributed by atoms with Crippen molar-refractivity contribution in [3.63, 3.8) is 0 Å². The first kappa shape index (κ1) is 18.9. The number of rotatable bonds is 6. The summed E-state index contributed by atoms with van der Waals surface area (Å²) in [4.78, 5) is 27.6. The van der Waals surface area contributed by atoms with Crippen LogP contribution in [0.1, 0.15) is 26.3 Å². The molecule has 3 N–H and O–H groups in total. The zero-order valence-corrected chi connectivity index (χ0v) is 16.2. The minimum atomic E-state index is -1.28. The van der Waals surface area contributed by atoms with E-state index in [0.29, 0.717) is 39.1 Å². The molecular weight excluding hydrogens is 390 g/mol. The van der Waals surface area contributed by atoms with Gasteiger partial charge in [-0.3, -0.25) is 0 Å². The summed E-state index contributed by atoms with van der Waals surface area (Å²) < 4.78 is 5.87. The van der Waals surface area contributed by atoms with E-state index in [1.165, 1.54) is 17.8 Å². The third kappa shape index (κ3) is 3.40. The average Bonchev–Trinajstić information content (AvgIpc) is 3.10. The van der Waals surface area contributed by atoms with E-state index >= 15 is 0 Å². The zero-order chi connectivity index (χ0) is 20.5. The third-order valence-electron chi connectivity index (χ3n) is 4.72. The highest BCUT2D eigenvalue weighted by atomic mass is 32.2. The number of benzene rings is 3. The van der Waals surface area contributed by atoms with Gasteiger partial charge >= 0.3 is 11.9 Å². The second-order valence-electron chi connectivity index (χ2n) is 6.47. The molecule has 0 saturated carbocycles. The van der Waals surface area contributed by atoms with Crippen LogP contribution in [0.3, 0.4) is 0 Å². The second kappa shape index (κ2) is 7.52. The molecule has 0 spiro atoms. The van der Waals surface area contributed by atoms with Gasteiger partial charge in [-0.2, -0.15) is 0 Å². The Kier molecular flexibility index (Phi) is 4.90. The Balaban J connectivity index is 1.90. The number of fused-ring (bicyclic) bond motifs is 3. The number of ether oxygens (including phenoxy) is 1. The van der Waals surface area contributed by atoms with Crippen LogP contribution < -0.4 is 4.74 Å². The summed E-state index contributed by atoms with van der Waals surface area (Å²) in [5.41, 5.74) is 1.88. The van der Waals surface area contributed by atoms with Gasteiger partial charge in [0.05, 0.1) is 16.6 Å². The molecule has 146 valence electrons. The lowest BCUT2D eigenvalue weighted by atomic mass is 10.0. The third-order valence-corrected chi connectivity index (χ3v) is 5.49. The summed E-state index contributed by atoms with van der Waals surface area (Å²) in [5.74, 6) is -1.98. The highest BCUT2D eigenvalue weighted by molar-refractivity contribution is 7.98. The molecule has 0 aliphatic rings. The maximum absolute atomic E-state index is 12.0. The first-order chi connectivity index (χ1) is 14.0. The van der Waals surface area contributed by atoms with Crippen molar-refractivity contribution < 1.29 is 24.5 Å². The fourth-order valence-electron chi connectivity index (χ4n) is 3.41. The van der Waals surface area contributed by atoms with Crippen molar-refractivity contribution in [1.82, 2.24) is 4.98 Å². The van der Waals surface area contributed by atoms with Gasteiger partial charge in [-0.25, -0.2) is 9.59 Å². The average molecular weight is 407 g/mol. The van der Waals surface area contributed by atoms with Crippen LogP contribution >= 0.6 is 11.8 Å². The fraction of sp³-hybridized carbons (Fsp3) is 0.0909. The lowest BCUT2D eigenvalue weighted by Gasteiger charge is -2.09. The molecule has 0 radical (unpaired) electrons. The molecule has 0 aliphatic carbocycles. The van der Waals surface area contributed by atoms with Crippen molar-refractivity contribution in [1.29, 1.82) is 0 Å². The van der Waals surface area contributed by atoms with Crippen molar-refractivity contribution in [3.8, 4) is 5.75 Å². The molecule has 0 saturated heterocycles. The number of hydrogen-bond donors (Lipinski definition) is 3. The van der Waals surface area contributed by atoms with Crippen LogP contribution in [0.2, 0.25) is 0 Å². The number of thioether (sulfide) groups is 1. The van der Waals surface area contributed by atoms with E-state index in [1.807, 2.05) is 42.7 Å². The fourth-order valence-corrected chi connectivity index (χ4v) is 4.00. The van der Waals surface area contributed by atoms with Gasteiger partial charge < -0.3 is 19.9 Å². The van der Waals surface area contributed by atoms with Gasteiger partial charge in [0.25, 0.3) is 0 Å². The molecule has 6 nitrogen and oxygen atoms in total. The van der Waals surface area contributed by atoms with Gasteiger partial charge in [-0.05, 0) is 36.1 Å². The number of carboxylic acids is 2. The quantitative estimate of drug-likeness (QED) is 0.388. The molecule has 1 heterocycles. The Morgan fingerprint density at radius 2 is 1.79 bits per heavy atom. The predicted molar refractivity (Wildman–Crippen MR) is 112 cm³/mol. The summed E-state index contributed by atoms with van der Waals surface area (Å²) in [5, 5.41) is 20.3. The molecule has 0 atom stereocenters. The number of carboxylic acid groups (broad SMARTS) is 2. The summed E-state index contributed by atoms with van der Waals surface area (Å²) in [6.07, 6.45) is 1.82. The van der Waals surface area contributed by atoms with E-state index in [9.17, 15) is 19.8 Å². The van der Waals surface area contributed by atoms with Gasteiger partial charge in [0.1, 0.15) is 12.4 Å². The van der Waals surface area contributed by atoms with Crippen molar-refractivity contribution in [2.75, 3.05) is 6.26 Å². The molecule has 0 aliphatic heterocycles. The van der Waals surface area contributed by atoms with Crippen LogP contribution in [-0.4, -0.2) is 33.4 Å². The minimum Gasteiger partial charge on any atom is -0.489 e. The van der Waals surface area contributed by atoms with E-state index in [1.54, 1.807) is 12.1 Å². The van der Waals surface area contributed by atoms with Gasteiger partial charge in [-0.15, -0.1) is 11.8 Å². The Bertz CT molecular complexity index is 1250. The molecule has 7 heteroatoms. The summed E-state index contributed by atoms with van der Waals surface area (Å²) in [6.45, 7) is 0.372. The van der Waals surface area contributed by atoms with E-state index < -0.39 is 11.9 Å². The van der Waals surface area contributed by atoms with Gasteiger partial charge in [0, 0.05) is 21.2 Å². The number of aromatic carboxylic acids is 2. The molecular formula is C22H17NO5S. The Morgan fingerprint density at radius 3 is 2.45 bits per heavy atom. The van der Waals surface area contributed by atoms with Crippen LogP contribution in [0.25, 0.3) is 21.8 Å². The molecule has 0 unspecified atom stereocenters. The van der Waals surface area contributed by atoms with Gasteiger partial charge in [-0.1, -0.05) is 30.3 Å². The van der Waals surface area contributed by atoms with Crippen LogP contribution in [0.15, 0.2) is 59.5 Å². The zero-order valence-electron chi connectivity index (χ0n) is 15.4. The molecule has 3 aromatic carbocycles. The van der Waals surface area contributed by atoms with Gasteiger partial charge in [0.2, 0.25) is 0 Å². The number of carbonyl (C=O) groups is 2. The first-order valence-electron chi connectivity index (χ1n) is 8.79. The molecule has 4 rings (SSSR count). The highest BCUT2D eigenvalue weighted by Crippen LogP contribution is 2.38. The smallest absolute Gasteiger partial charge is 0.337 e. The maximum Gasteiger partial charge on any atom is 0.337 e. The van der Waals surface area contributed by atoms with E-state index in [-0.39, 0.29) is 11.1 Å². The van der Waals surface area contributed by atoms with Crippen molar-refractivity contribution in [2.24, 2.45) is 0 Å². The maximum atomic E-state index is 12.0. The summed E-state index contributed by atoms with van der Waals surface area (Å²) >= 11 is 1.36. The first-order valence-corrected chi connectivity index (χ1v) is 10.0. The molecule has 0 fully saturated rings. The normalized spacial score (nSPS) is 11.1. The Hall–Kier alpha value is -3.45. The standard InChI is InChI=1S/C22H17NO5S/c1-29-17-10-15(21(24)25)19(22(26)27)18-14-9-13(7-8-16(14)23-20(17)18)28-11-12-5-3-2-4-6-12/h2-10,23H,11H2,1H3,(H,24,25)(H,26,27). The van der Waals surface area contributed by atoms with Crippen LogP contribution in [-0.2, 0) is 6.61 Å². The summed E-state index contributed by atoms with van der Waals surface area (Å²) in [7, 11) is 0. The topological polar surface area (TPSA) is 99.6 Å². The number of hydrogen-bond acceptors (Lipinski definition) is 4. The molecule has 0 amide bonds. The van der Waals surface area contributed by atoms with Crippen LogP contribution in [0.4, 0.5) is 0 Å². The number of aromatic nitrogens is 1.